The van der Waals surface area contributed by atoms with Crippen LogP contribution in [0.3, 0.4) is 0 Å². The monoisotopic (exact) mass is 316 g/mol. The van der Waals surface area contributed by atoms with Crippen molar-refractivity contribution in [1.82, 2.24) is 5.32 Å². The van der Waals surface area contributed by atoms with Crippen molar-refractivity contribution >= 4 is 5.69 Å². The van der Waals surface area contributed by atoms with Gasteiger partial charge in [0, 0.05) is 26.2 Å². The van der Waals surface area contributed by atoms with E-state index in [1.165, 1.54) is 6.07 Å². The van der Waals surface area contributed by atoms with Gasteiger partial charge in [0.15, 0.2) is 0 Å². The molecule has 0 amide bonds. The van der Waals surface area contributed by atoms with Crippen molar-refractivity contribution in [2.75, 3.05) is 37.7 Å². The van der Waals surface area contributed by atoms with Crippen molar-refractivity contribution in [1.29, 1.82) is 0 Å². The van der Waals surface area contributed by atoms with E-state index in [1.54, 1.807) is 0 Å². The van der Waals surface area contributed by atoms with E-state index in [0.29, 0.717) is 12.4 Å². The third-order valence-corrected chi connectivity index (χ3v) is 3.41. The Labute approximate surface area is 129 Å². The number of piperazine rings is 1. The first kappa shape index (κ1) is 16.9. The van der Waals surface area contributed by atoms with Gasteiger partial charge in [-0.15, -0.1) is 0 Å². The molecular formula is C16H23F3N2O. The number of halogens is 3. The summed E-state index contributed by atoms with van der Waals surface area (Å²) in [7, 11) is 0. The summed E-state index contributed by atoms with van der Waals surface area (Å²) < 4.78 is 44.5. The Kier molecular flexibility index (Phi) is 4.90. The molecule has 2 rings (SSSR count). The normalized spacial score (nSPS) is 16.7. The molecule has 3 nitrogen and oxygen atoms in total. The first-order valence-corrected chi connectivity index (χ1v) is 7.46. The van der Waals surface area contributed by atoms with Crippen LogP contribution in [-0.2, 0) is 6.18 Å². The Morgan fingerprint density at radius 2 is 1.77 bits per heavy atom. The van der Waals surface area contributed by atoms with E-state index >= 15 is 0 Å². The number of hydrogen-bond donors (Lipinski definition) is 1. The molecule has 0 bridgehead atoms. The van der Waals surface area contributed by atoms with Crippen LogP contribution >= 0.6 is 0 Å². The van der Waals surface area contributed by atoms with E-state index in [1.807, 2.05) is 20.8 Å². The van der Waals surface area contributed by atoms with E-state index < -0.39 is 11.7 Å². The molecule has 0 aromatic heterocycles. The number of nitrogens with one attached hydrogen (secondary N) is 1. The van der Waals surface area contributed by atoms with Crippen LogP contribution in [0, 0.1) is 5.41 Å². The van der Waals surface area contributed by atoms with E-state index in [-0.39, 0.29) is 5.41 Å². The topological polar surface area (TPSA) is 24.5 Å². The molecule has 124 valence electrons. The molecule has 0 saturated carbocycles. The molecule has 1 aliphatic heterocycles. The predicted molar refractivity (Wildman–Crippen MR) is 81.5 cm³/mol. The number of hydrogen-bond acceptors (Lipinski definition) is 3. The smallest absolute Gasteiger partial charge is 0.416 e. The van der Waals surface area contributed by atoms with E-state index in [4.69, 9.17) is 4.74 Å². The molecule has 22 heavy (non-hydrogen) atoms. The van der Waals surface area contributed by atoms with Gasteiger partial charge in [-0.1, -0.05) is 20.8 Å². The lowest BCUT2D eigenvalue weighted by atomic mass is 9.98. The third-order valence-electron chi connectivity index (χ3n) is 3.41. The summed E-state index contributed by atoms with van der Waals surface area (Å²) in [5.41, 5.74) is -0.0522. The number of ether oxygens (including phenoxy) is 1. The first-order valence-electron chi connectivity index (χ1n) is 7.46. The largest absolute Gasteiger partial charge is 0.491 e. The molecule has 0 radical (unpaired) electrons. The minimum atomic E-state index is -4.36. The van der Waals surface area contributed by atoms with Crippen LogP contribution in [0.5, 0.6) is 5.75 Å². The predicted octanol–water partition coefficient (Wildman–Crippen LogP) is 3.54. The fourth-order valence-corrected chi connectivity index (χ4v) is 2.27. The second-order valence-corrected chi connectivity index (χ2v) is 6.77. The van der Waals surface area contributed by atoms with Gasteiger partial charge in [0.05, 0.1) is 17.9 Å². The molecule has 1 heterocycles. The van der Waals surface area contributed by atoms with E-state index in [2.05, 4.69) is 10.2 Å². The van der Waals surface area contributed by atoms with Crippen molar-refractivity contribution in [3.05, 3.63) is 23.8 Å². The molecule has 6 heteroatoms. The molecule has 1 aromatic carbocycles. The Morgan fingerprint density at radius 1 is 1.14 bits per heavy atom. The van der Waals surface area contributed by atoms with Crippen LogP contribution in [0.15, 0.2) is 18.2 Å². The number of nitrogens with zero attached hydrogens (tertiary/aromatic N) is 1. The van der Waals surface area contributed by atoms with Crippen LogP contribution in [0.25, 0.3) is 0 Å². The number of rotatable bonds is 3. The molecule has 1 aliphatic rings. The van der Waals surface area contributed by atoms with E-state index in [0.717, 1.165) is 44.0 Å². The fraction of sp³-hybridized carbons (Fsp3) is 0.625. The van der Waals surface area contributed by atoms with Gasteiger partial charge in [-0.2, -0.15) is 13.2 Å². The zero-order valence-corrected chi connectivity index (χ0v) is 13.3. The lowest BCUT2D eigenvalue weighted by Crippen LogP contribution is -2.43. The van der Waals surface area contributed by atoms with Crippen molar-refractivity contribution in [2.24, 2.45) is 5.41 Å². The average Bonchev–Trinajstić information content (AvgIpc) is 2.44. The van der Waals surface area contributed by atoms with Crippen molar-refractivity contribution in [2.45, 2.75) is 26.9 Å². The first-order chi connectivity index (χ1) is 10.2. The SMILES string of the molecule is CC(C)(C)COc1cc(C(F)(F)F)ccc1N1CCNCC1. The summed E-state index contributed by atoms with van der Waals surface area (Å²) >= 11 is 0. The lowest BCUT2D eigenvalue weighted by molar-refractivity contribution is -0.137. The summed E-state index contributed by atoms with van der Waals surface area (Å²) in [5.74, 6) is 0.312. The molecule has 0 aliphatic carbocycles. The van der Waals surface area contributed by atoms with Crippen LogP contribution in [0.2, 0.25) is 0 Å². The van der Waals surface area contributed by atoms with Gasteiger partial charge in [0.1, 0.15) is 5.75 Å². The zero-order valence-electron chi connectivity index (χ0n) is 13.3. The maximum atomic E-state index is 12.9. The maximum Gasteiger partial charge on any atom is 0.416 e. The van der Waals surface area contributed by atoms with Gasteiger partial charge in [0.25, 0.3) is 0 Å². The summed E-state index contributed by atoms with van der Waals surface area (Å²) in [6.45, 7) is 9.50. The zero-order chi connectivity index (χ0) is 16.4. The van der Waals surface area contributed by atoms with Crippen molar-refractivity contribution in [3.63, 3.8) is 0 Å². The Morgan fingerprint density at radius 3 is 2.32 bits per heavy atom. The minimum absolute atomic E-state index is 0.116. The molecule has 1 aromatic rings. The summed E-state index contributed by atoms with van der Waals surface area (Å²) in [4.78, 5) is 2.06. The van der Waals surface area contributed by atoms with Crippen LogP contribution < -0.4 is 15.0 Å². The Hall–Kier alpha value is -1.43. The molecular weight excluding hydrogens is 293 g/mol. The highest BCUT2D eigenvalue weighted by Gasteiger charge is 2.32. The lowest BCUT2D eigenvalue weighted by Gasteiger charge is -2.32. The second kappa shape index (κ2) is 6.36. The molecule has 0 unspecified atom stereocenters. The molecule has 1 N–H and O–H groups in total. The average molecular weight is 316 g/mol. The highest BCUT2D eigenvalue weighted by Crippen LogP contribution is 2.37. The van der Waals surface area contributed by atoms with Gasteiger partial charge in [-0.3, -0.25) is 0 Å². The van der Waals surface area contributed by atoms with E-state index in [9.17, 15) is 13.2 Å². The quantitative estimate of drug-likeness (QED) is 0.923. The summed E-state index contributed by atoms with van der Waals surface area (Å²) in [6, 6.07) is 3.76. The maximum absolute atomic E-state index is 12.9. The standard InChI is InChI=1S/C16H23F3N2O/c1-15(2,3)11-22-14-10-12(16(17,18)19)4-5-13(14)21-8-6-20-7-9-21/h4-5,10,20H,6-9,11H2,1-3H3. The summed E-state index contributed by atoms with van der Waals surface area (Å²) in [6.07, 6.45) is -4.36. The van der Waals surface area contributed by atoms with Crippen LogP contribution in [0.1, 0.15) is 26.3 Å². The number of benzene rings is 1. The number of anilines is 1. The van der Waals surface area contributed by atoms with Gasteiger partial charge < -0.3 is 15.0 Å². The van der Waals surface area contributed by atoms with Crippen LogP contribution in [-0.4, -0.2) is 32.8 Å². The van der Waals surface area contributed by atoms with Gasteiger partial charge in [-0.25, -0.2) is 0 Å². The molecule has 1 fully saturated rings. The molecule has 0 spiro atoms. The number of alkyl halides is 3. The van der Waals surface area contributed by atoms with Gasteiger partial charge in [-0.05, 0) is 23.6 Å². The van der Waals surface area contributed by atoms with Crippen molar-refractivity contribution < 1.29 is 17.9 Å². The van der Waals surface area contributed by atoms with Crippen LogP contribution in [0.4, 0.5) is 18.9 Å². The Bertz CT molecular complexity index is 503. The minimum Gasteiger partial charge on any atom is -0.491 e. The van der Waals surface area contributed by atoms with Crippen molar-refractivity contribution in [3.8, 4) is 5.75 Å². The highest BCUT2D eigenvalue weighted by atomic mass is 19.4. The van der Waals surface area contributed by atoms with Gasteiger partial charge in [0.2, 0.25) is 0 Å². The summed E-state index contributed by atoms with van der Waals surface area (Å²) in [5, 5.41) is 3.23. The van der Waals surface area contributed by atoms with Gasteiger partial charge >= 0.3 is 6.18 Å². The highest BCUT2D eigenvalue weighted by molar-refractivity contribution is 5.60. The Balaban J connectivity index is 2.30. The molecule has 1 saturated heterocycles. The second-order valence-electron chi connectivity index (χ2n) is 6.77. The fourth-order valence-electron chi connectivity index (χ4n) is 2.27. The third kappa shape index (κ3) is 4.53. The molecule has 0 atom stereocenters.